The van der Waals surface area contributed by atoms with Gasteiger partial charge in [-0.25, -0.2) is 0 Å². The van der Waals surface area contributed by atoms with Crippen LogP contribution in [-0.2, 0) is 6.42 Å². The van der Waals surface area contributed by atoms with Crippen molar-refractivity contribution >= 4 is 0 Å². The summed E-state index contributed by atoms with van der Waals surface area (Å²) in [6.45, 7) is 7.87. The third-order valence-electron chi connectivity index (χ3n) is 2.81. The molecule has 1 rings (SSSR count). The van der Waals surface area contributed by atoms with Gasteiger partial charge in [0.1, 0.15) is 18.5 Å². The molecular formula is C16H25NO2. The van der Waals surface area contributed by atoms with Crippen LogP contribution >= 0.6 is 0 Å². The predicted octanol–water partition coefficient (Wildman–Crippen LogP) is 2.54. The van der Waals surface area contributed by atoms with Crippen molar-refractivity contribution in [2.24, 2.45) is 0 Å². The molecule has 0 spiro atoms. The van der Waals surface area contributed by atoms with E-state index >= 15 is 0 Å². The summed E-state index contributed by atoms with van der Waals surface area (Å²) in [6, 6.07) is 7.99. The van der Waals surface area contributed by atoms with Crippen LogP contribution in [0.1, 0.15) is 26.3 Å². The zero-order chi connectivity index (χ0) is 14.1. The van der Waals surface area contributed by atoms with E-state index in [1.807, 2.05) is 12.1 Å². The van der Waals surface area contributed by atoms with Gasteiger partial charge in [0.15, 0.2) is 0 Å². The van der Waals surface area contributed by atoms with Gasteiger partial charge in [0.2, 0.25) is 0 Å². The zero-order valence-corrected chi connectivity index (χ0v) is 12.1. The second-order valence-electron chi connectivity index (χ2n) is 4.90. The fourth-order valence-electron chi connectivity index (χ4n) is 1.60. The Bertz CT molecular complexity index is 380. The van der Waals surface area contributed by atoms with Gasteiger partial charge in [-0.1, -0.05) is 30.7 Å². The molecule has 0 amide bonds. The Hall–Kier alpha value is -1.32. The van der Waals surface area contributed by atoms with Gasteiger partial charge in [-0.05, 0) is 38.0 Å². The predicted molar refractivity (Wildman–Crippen MR) is 79.6 cm³/mol. The number of hydrogen-bond donors (Lipinski definition) is 2. The molecule has 0 aromatic heterocycles. The molecule has 0 bridgehead atoms. The molecule has 0 radical (unpaired) electrons. The van der Waals surface area contributed by atoms with Crippen molar-refractivity contribution in [2.75, 3.05) is 19.7 Å². The molecule has 19 heavy (non-hydrogen) atoms. The van der Waals surface area contributed by atoms with Crippen LogP contribution < -0.4 is 10.1 Å². The molecule has 0 saturated heterocycles. The van der Waals surface area contributed by atoms with Crippen LogP contribution in [0, 0.1) is 0 Å². The van der Waals surface area contributed by atoms with E-state index in [1.54, 1.807) is 0 Å². The second-order valence-corrected chi connectivity index (χ2v) is 4.90. The van der Waals surface area contributed by atoms with Gasteiger partial charge in [0, 0.05) is 13.1 Å². The molecule has 1 aromatic rings. The Morgan fingerprint density at radius 3 is 2.58 bits per heavy atom. The number of aliphatic hydroxyl groups excluding tert-OH is 1. The number of rotatable bonds is 8. The van der Waals surface area contributed by atoms with E-state index in [1.165, 1.54) is 11.1 Å². The quantitative estimate of drug-likeness (QED) is 0.559. The number of aliphatic hydroxyl groups is 1. The Morgan fingerprint density at radius 2 is 2.00 bits per heavy atom. The molecule has 1 aromatic carbocycles. The van der Waals surface area contributed by atoms with E-state index in [2.05, 4.69) is 44.3 Å². The zero-order valence-electron chi connectivity index (χ0n) is 12.1. The van der Waals surface area contributed by atoms with Crippen LogP contribution in [0.4, 0.5) is 0 Å². The van der Waals surface area contributed by atoms with Crippen molar-refractivity contribution in [3.8, 4) is 5.75 Å². The van der Waals surface area contributed by atoms with Crippen molar-refractivity contribution < 1.29 is 9.84 Å². The minimum atomic E-state index is -0.489. The molecule has 0 aliphatic heterocycles. The molecule has 3 heteroatoms. The summed E-state index contributed by atoms with van der Waals surface area (Å²) in [6.07, 6.45) is 2.63. The molecule has 0 fully saturated rings. The van der Waals surface area contributed by atoms with Gasteiger partial charge >= 0.3 is 0 Å². The second kappa shape index (κ2) is 8.73. The fourth-order valence-corrected chi connectivity index (χ4v) is 1.60. The van der Waals surface area contributed by atoms with E-state index in [9.17, 15) is 5.11 Å². The number of ether oxygens (including phenoxy) is 1. The number of benzene rings is 1. The summed E-state index contributed by atoms with van der Waals surface area (Å²) >= 11 is 0. The minimum Gasteiger partial charge on any atom is -0.491 e. The van der Waals surface area contributed by atoms with Crippen LogP contribution in [0.2, 0.25) is 0 Å². The van der Waals surface area contributed by atoms with E-state index < -0.39 is 6.10 Å². The summed E-state index contributed by atoms with van der Waals surface area (Å²) < 4.78 is 5.54. The van der Waals surface area contributed by atoms with Crippen LogP contribution in [0.3, 0.4) is 0 Å². The van der Waals surface area contributed by atoms with Crippen molar-refractivity contribution in [3.05, 3.63) is 41.5 Å². The summed E-state index contributed by atoms with van der Waals surface area (Å²) in [7, 11) is 0. The van der Waals surface area contributed by atoms with Crippen molar-refractivity contribution in [2.45, 2.75) is 33.3 Å². The molecule has 0 saturated carbocycles. The topological polar surface area (TPSA) is 41.5 Å². The summed E-state index contributed by atoms with van der Waals surface area (Å²) in [5.41, 5.74) is 2.56. The third-order valence-corrected chi connectivity index (χ3v) is 2.81. The Kier molecular flexibility index (Phi) is 7.23. The fraction of sp³-hybridized carbons (Fsp3) is 0.500. The monoisotopic (exact) mass is 263 g/mol. The molecular weight excluding hydrogens is 238 g/mol. The lowest BCUT2D eigenvalue weighted by Gasteiger charge is -2.13. The van der Waals surface area contributed by atoms with Crippen LogP contribution in [0.5, 0.6) is 5.75 Å². The first-order valence-electron chi connectivity index (χ1n) is 6.85. The Morgan fingerprint density at radius 1 is 1.32 bits per heavy atom. The smallest absolute Gasteiger partial charge is 0.119 e. The summed E-state index contributed by atoms with van der Waals surface area (Å²) in [5.74, 6) is 0.806. The molecule has 1 atom stereocenters. The van der Waals surface area contributed by atoms with Gasteiger partial charge in [-0.15, -0.1) is 0 Å². The highest BCUT2D eigenvalue weighted by Gasteiger charge is 2.04. The van der Waals surface area contributed by atoms with Gasteiger partial charge in [-0.2, -0.15) is 0 Å². The average molecular weight is 263 g/mol. The van der Waals surface area contributed by atoms with Gasteiger partial charge < -0.3 is 15.2 Å². The maximum absolute atomic E-state index is 9.77. The molecule has 1 unspecified atom stereocenters. The molecule has 0 aliphatic carbocycles. The lowest BCUT2D eigenvalue weighted by Crippen LogP contribution is -2.31. The largest absolute Gasteiger partial charge is 0.491 e. The first-order chi connectivity index (χ1) is 9.11. The Labute approximate surface area is 116 Å². The lowest BCUT2D eigenvalue weighted by molar-refractivity contribution is 0.107. The third kappa shape index (κ3) is 6.99. The maximum atomic E-state index is 9.77. The molecule has 106 valence electrons. The van der Waals surface area contributed by atoms with Crippen molar-refractivity contribution in [1.82, 2.24) is 5.32 Å². The Balaban J connectivity index is 2.21. The SMILES string of the molecule is CCc1ccc(OCC(O)CNCC=C(C)C)cc1. The van der Waals surface area contributed by atoms with E-state index in [4.69, 9.17) is 4.74 Å². The van der Waals surface area contributed by atoms with E-state index in [-0.39, 0.29) is 0 Å². The summed E-state index contributed by atoms with van der Waals surface area (Å²) in [5, 5.41) is 12.9. The first kappa shape index (κ1) is 15.7. The summed E-state index contributed by atoms with van der Waals surface area (Å²) in [4.78, 5) is 0. The number of allylic oxidation sites excluding steroid dienone is 1. The highest BCUT2D eigenvalue weighted by atomic mass is 16.5. The number of nitrogens with one attached hydrogen (secondary N) is 1. The molecule has 2 N–H and O–H groups in total. The van der Waals surface area contributed by atoms with Gasteiger partial charge in [-0.3, -0.25) is 0 Å². The number of hydrogen-bond acceptors (Lipinski definition) is 3. The molecule has 0 aliphatic rings. The highest BCUT2D eigenvalue weighted by molar-refractivity contribution is 5.27. The standard InChI is InChI=1S/C16H25NO2/c1-4-14-5-7-16(8-6-14)19-12-15(18)11-17-10-9-13(2)3/h5-9,15,17-18H,4,10-12H2,1-3H3. The molecule has 3 nitrogen and oxygen atoms in total. The van der Waals surface area contributed by atoms with Crippen molar-refractivity contribution in [1.29, 1.82) is 0 Å². The van der Waals surface area contributed by atoms with Crippen LogP contribution in [0.15, 0.2) is 35.9 Å². The lowest BCUT2D eigenvalue weighted by atomic mass is 10.2. The van der Waals surface area contributed by atoms with E-state index in [0.29, 0.717) is 13.2 Å². The van der Waals surface area contributed by atoms with Crippen LogP contribution in [-0.4, -0.2) is 30.9 Å². The van der Waals surface area contributed by atoms with Gasteiger partial charge in [0.25, 0.3) is 0 Å². The number of aryl methyl sites for hydroxylation is 1. The normalized spacial score (nSPS) is 12.0. The first-order valence-corrected chi connectivity index (χ1v) is 6.85. The molecule has 0 heterocycles. The average Bonchev–Trinajstić information content (AvgIpc) is 2.41. The minimum absolute atomic E-state index is 0.313. The van der Waals surface area contributed by atoms with Crippen LogP contribution in [0.25, 0.3) is 0 Å². The van der Waals surface area contributed by atoms with Crippen molar-refractivity contribution in [3.63, 3.8) is 0 Å². The van der Waals surface area contributed by atoms with Gasteiger partial charge in [0.05, 0.1) is 0 Å². The highest BCUT2D eigenvalue weighted by Crippen LogP contribution is 2.12. The van der Waals surface area contributed by atoms with E-state index in [0.717, 1.165) is 18.7 Å². The maximum Gasteiger partial charge on any atom is 0.119 e.